The molecule has 2 heterocycles. The quantitative estimate of drug-likeness (QED) is 0.843. The molecule has 1 aliphatic heterocycles. The number of aromatic nitrogens is 3. The number of nitrogens with zero attached hydrogens (tertiary/aromatic N) is 4. The molecule has 1 aromatic carbocycles. The van der Waals surface area contributed by atoms with Crippen LogP contribution in [0.5, 0.6) is 0 Å². The van der Waals surface area contributed by atoms with Gasteiger partial charge in [0, 0.05) is 18.4 Å². The largest absolute Gasteiger partial charge is 0.366 e. The lowest BCUT2D eigenvalue weighted by Gasteiger charge is -2.27. The Morgan fingerprint density at radius 2 is 2.32 bits per heavy atom. The normalized spacial score (nSPS) is 21.7. The third-order valence-corrected chi connectivity index (χ3v) is 3.68. The standard InChI is InChI=1S/C14H15N5/c1-9-5-12(8-19-13(9)17-14(16)18-19)11-4-2-3-10(6-11)7-15/h2-4,6,9,12H,5,8H2,1H3,(H2,16,18). The molecule has 3 rings (SSSR count). The van der Waals surface area contributed by atoms with E-state index in [2.05, 4.69) is 29.1 Å². The lowest BCUT2D eigenvalue weighted by Crippen LogP contribution is -2.22. The summed E-state index contributed by atoms with van der Waals surface area (Å²) in [5.74, 6) is 1.99. The maximum atomic E-state index is 8.98. The molecule has 1 aliphatic rings. The van der Waals surface area contributed by atoms with Crippen LogP contribution in [0.15, 0.2) is 24.3 Å². The SMILES string of the molecule is CC1CC(c2cccc(C#N)c2)Cn2nc(N)nc21. The molecule has 0 radical (unpaired) electrons. The first-order chi connectivity index (χ1) is 9.17. The summed E-state index contributed by atoms with van der Waals surface area (Å²) in [4.78, 5) is 4.27. The van der Waals surface area contributed by atoms with Crippen molar-refractivity contribution >= 4 is 5.95 Å². The average Bonchev–Trinajstić information content (AvgIpc) is 2.80. The number of nitrogen functional groups attached to an aromatic ring is 1. The predicted octanol–water partition coefficient (Wildman–Crippen LogP) is 2.02. The second-order valence-corrected chi connectivity index (χ2v) is 5.08. The number of fused-ring (bicyclic) bond motifs is 1. The van der Waals surface area contributed by atoms with Gasteiger partial charge in [0.1, 0.15) is 5.82 Å². The van der Waals surface area contributed by atoms with Crippen LogP contribution in [0.2, 0.25) is 0 Å². The van der Waals surface area contributed by atoms with Gasteiger partial charge in [-0.05, 0) is 24.1 Å². The highest BCUT2D eigenvalue weighted by atomic mass is 15.4. The number of anilines is 1. The van der Waals surface area contributed by atoms with E-state index in [4.69, 9.17) is 11.0 Å². The van der Waals surface area contributed by atoms with E-state index in [0.717, 1.165) is 18.8 Å². The molecule has 2 unspecified atom stereocenters. The summed E-state index contributed by atoms with van der Waals surface area (Å²) in [5.41, 5.74) is 7.55. The summed E-state index contributed by atoms with van der Waals surface area (Å²) in [5, 5.41) is 13.2. The highest BCUT2D eigenvalue weighted by Crippen LogP contribution is 2.35. The van der Waals surface area contributed by atoms with Crippen LogP contribution in [0.4, 0.5) is 5.95 Å². The van der Waals surface area contributed by atoms with Crippen LogP contribution >= 0.6 is 0 Å². The molecule has 0 saturated carbocycles. The van der Waals surface area contributed by atoms with Gasteiger partial charge in [0.05, 0.1) is 11.6 Å². The van der Waals surface area contributed by atoms with Crippen LogP contribution in [-0.2, 0) is 6.54 Å². The molecule has 96 valence electrons. The fourth-order valence-corrected chi connectivity index (χ4v) is 2.79. The molecule has 0 aliphatic carbocycles. The van der Waals surface area contributed by atoms with Crippen molar-refractivity contribution in [2.45, 2.75) is 31.7 Å². The van der Waals surface area contributed by atoms with Crippen molar-refractivity contribution in [3.63, 3.8) is 0 Å². The summed E-state index contributed by atoms with van der Waals surface area (Å²) in [6.45, 7) is 2.92. The van der Waals surface area contributed by atoms with Crippen molar-refractivity contribution in [2.75, 3.05) is 5.73 Å². The van der Waals surface area contributed by atoms with E-state index in [-0.39, 0.29) is 0 Å². The van der Waals surface area contributed by atoms with E-state index < -0.39 is 0 Å². The first-order valence-electron chi connectivity index (χ1n) is 6.37. The Morgan fingerprint density at radius 3 is 3.11 bits per heavy atom. The molecule has 5 heteroatoms. The van der Waals surface area contributed by atoms with Crippen LogP contribution in [0.25, 0.3) is 0 Å². The molecule has 5 nitrogen and oxygen atoms in total. The monoisotopic (exact) mass is 253 g/mol. The van der Waals surface area contributed by atoms with E-state index in [0.29, 0.717) is 23.3 Å². The van der Waals surface area contributed by atoms with Gasteiger partial charge >= 0.3 is 0 Å². The van der Waals surface area contributed by atoms with Crippen molar-refractivity contribution in [3.05, 3.63) is 41.2 Å². The van der Waals surface area contributed by atoms with Gasteiger partial charge in [0.15, 0.2) is 0 Å². The summed E-state index contributed by atoms with van der Waals surface area (Å²) in [6, 6.07) is 9.98. The maximum absolute atomic E-state index is 8.98. The molecule has 0 spiro atoms. The Labute approximate surface area is 111 Å². The number of hydrogen-bond acceptors (Lipinski definition) is 4. The van der Waals surface area contributed by atoms with Crippen LogP contribution in [0.1, 0.15) is 42.1 Å². The lowest BCUT2D eigenvalue weighted by atomic mass is 9.86. The second-order valence-electron chi connectivity index (χ2n) is 5.08. The molecule has 2 aromatic rings. The van der Waals surface area contributed by atoms with Crippen LogP contribution in [-0.4, -0.2) is 14.8 Å². The molecule has 0 fully saturated rings. The Hall–Kier alpha value is -2.35. The molecule has 0 saturated heterocycles. The van der Waals surface area contributed by atoms with Gasteiger partial charge in [0.2, 0.25) is 5.95 Å². The van der Waals surface area contributed by atoms with E-state index in [1.165, 1.54) is 5.56 Å². The predicted molar refractivity (Wildman–Crippen MR) is 71.4 cm³/mol. The van der Waals surface area contributed by atoms with Crippen molar-refractivity contribution in [1.82, 2.24) is 14.8 Å². The third kappa shape index (κ3) is 2.06. The van der Waals surface area contributed by atoms with Gasteiger partial charge < -0.3 is 5.73 Å². The fourth-order valence-electron chi connectivity index (χ4n) is 2.79. The average molecular weight is 253 g/mol. The van der Waals surface area contributed by atoms with Gasteiger partial charge in [-0.1, -0.05) is 19.1 Å². The van der Waals surface area contributed by atoms with Crippen LogP contribution in [0, 0.1) is 11.3 Å². The zero-order chi connectivity index (χ0) is 13.4. The van der Waals surface area contributed by atoms with Crippen LogP contribution < -0.4 is 5.73 Å². The summed E-state index contributed by atoms with van der Waals surface area (Å²) in [6.07, 6.45) is 1.01. The fraction of sp³-hybridized carbons (Fsp3) is 0.357. The van der Waals surface area contributed by atoms with E-state index >= 15 is 0 Å². The van der Waals surface area contributed by atoms with Gasteiger partial charge in [-0.3, -0.25) is 0 Å². The maximum Gasteiger partial charge on any atom is 0.239 e. The number of nitriles is 1. The van der Waals surface area contributed by atoms with Crippen LogP contribution in [0.3, 0.4) is 0 Å². The Morgan fingerprint density at radius 1 is 1.47 bits per heavy atom. The second kappa shape index (κ2) is 4.39. The number of rotatable bonds is 1. The molecular weight excluding hydrogens is 238 g/mol. The first kappa shape index (κ1) is 11.7. The zero-order valence-electron chi connectivity index (χ0n) is 10.7. The molecule has 1 aromatic heterocycles. The summed E-state index contributed by atoms with van der Waals surface area (Å²) >= 11 is 0. The minimum Gasteiger partial charge on any atom is -0.366 e. The van der Waals surface area contributed by atoms with E-state index in [1.807, 2.05) is 22.9 Å². The molecule has 2 N–H and O–H groups in total. The smallest absolute Gasteiger partial charge is 0.239 e. The molecule has 0 bridgehead atoms. The van der Waals surface area contributed by atoms with Crippen molar-refractivity contribution < 1.29 is 0 Å². The zero-order valence-corrected chi connectivity index (χ0v) is 10.7. The molecule has 19 heavy (non-hydrogen) atoms. The third-order valence-electron chi connectivity index (χ3n) is 3.68. The highest BCUT2D eigenvalue weighted by molar-refractivity contribution is 5.35. The van der Waals surface area contributed by atoms with E-state index in [1.54, 1.807) is 0 Å². The van der Waals surface area contributed by atoms with Crippen molar-refractivity contribution in [3.8, 4) is 6.07 Å². The Balaban J connectivity index is 1.94. The summed E-state index contributed by atoms with van der Waals surface area (Å²) < 4.78 is 1.90. The van der Waals surface area contributed by atoms with Crippen molar-refractivity contribution in [1.29, 1.82) is 5.26 Å². The minimum atomic E-state index is 0.328. The molecular formula is C14H15N5. The number of benzene rings is 1. The summed E-state index contributed by atoms with van der Waals surface area (Å²) in [7, 11) is 0. The Kier molecular flexibility index (Phi) is 2.71. The van der Waals surface area contributed by atoms with Gasteiger partial charge in [-0.15, -0.1) is 5.10 Å². The lowest BCUT2D eigenvalue weighted by molar-refractivity contribution is 0.382. The first-order valence-corrected chi connectivity index (χ1v) is 6.37. The van der Waals surface area contributed by atoms with Gasteiger partial charge in [-0.25, -0.2) is 4.68 Å². The Bertz CT molecular complexity index is 652. The molecule has 0 amide bonds. The van der Waals surface area contributed by atoms with Gasteiger partial charge in [-0.2, -0.15) is 10.2 Å². The molecule has 2 atom stereocenters. The minimum absolute atomic E-state index is 0.328. The highest BCUT2D eigenvalue weighted by Gasteiger charge is 2.28. The van der Waals surface area contributed by atoms with Crippen molar-refractivity contribution in [2.24, 2.45) is 0 Å². The van der Waals surface area contributed by atoms with Gasteiger partial charge in [0.25, 0.3) is 0 Å². The number of hydrogen-bond donors (Lipinski definition) is 1. The topological polar surface area (TPSA) is 80.5 Å². The number of nitrogens with two attached hydrogens (primary N) is 1. The van der Waals surface area contributed by atoms with E-state index in [9.17, 15) is 0 Å².